The highest BCUT2D eigenvalue weighted by atomic mass is 16.6. The van der Waals surface area contributed by atoms with Crippen LogP contribution in [-0.4, -0.2) is 28.3 Å². The monoisotopic (exact) mass is 302 g/mol. The van der Waals surface area contributed by atoms with Crippen LogP contribution in [0.3, 0.4) is 0 Å². The Morgan fingerprint density at radius 3 is 2.82 bits per heavy atom. The third-order valence-corrected chi connectivity index (χ3v) is 4.03. The number of carbonyl (C=O) groups excluding carboxylic acids is 1. The molecule has 1 atom stereocenters. The quantitative estimate of drug-likeness (QED) is 0.492. The maximum atomic E-state index is 12.7. The number of rotatable bonds is 6. The van der Waals surface area contributed by atoms with Gasteiger partial charge in [-0.3, -0.25) is 14.9 Å². The topological polar surface area (TPSA) is 113 Å². The second kappa shape index (κ2) is 6.43. The maximum absolute atomic E-state index is 12.7. The van der Waals surface area contributed by atoms with Crippen LogP contribution in [0.4, 0.5) is 11.4 Å². The van der Waals surface area contributed by atoms with Gasteiger partial charge >= 0.3 is 0 Å². The lowest BCUT2D eigenvalue weighted by Gasteiger charge is -2.29. The fourth-order valence-corrected chi connectivity index (χ4v) is 2.55. The van der Waals surface area contributed by atoms with Crippen molar-refractivity contribution in [1.29, 1.82) is 5.26 Å². The molecule has 0 heterocycles. The van der Waals surface area contributed by atoms with Gasteiger partial charge in [0.1, 0.15) is 5.69 Å². The molecule has 1 fully saturated rings. The number of hydrogen-bond acceptors (Lipinski definition) is 5. The highest BCUT2D eigenvalue weighted by molar-refractivity contribution is 6.01. The van der Waals surface area contributed by atoms with Crippen LogP contribution in [-0.2, 0) is 0 Å². The predicted molar refractivity (Wildman–Crippen MR) is 81.0 cm³/mol. The minimum Gasteiger partial charge on any atom is -0.393 e. The summed E-state index contributed by atoms with van der Waals surface area (Å²) in [4.78, 5) is 24.7. The SMILES string of the molecule is C[C@H](C1CC1)N(CCC#N)C(=O)c1cccc([N+](=O)[O-])c1N. The molecule has 0 aliphatic heterocycles. The van der Waals surface area contributed by atoms with E-state index in [1.54, 1.807) is 4.90 Å². The van der Waals surface area contributed by atoms with E-state index in [1.165, 1.54) is 18.2 Å². The van der Waals surface area contributed by atoms with Gasteiger partial charge in [-0.05, 0) is 31.7 Å². The van der Waals surface area contributed by atoms with Crippen molar-refractivity contribution in [2.24, 2.45) is 5.92 Å². The molecule has 7 heteroatoms. The Labute approximate surface area is 128 Å². The van der Waals surface area contributed by atoms with Crippen LogP contribution in [0.5, 0.6) is 0 Å². The Morgan fingerprint density at radius 1 is 1.59 bits per heavy atom. The molecule has 22 heavy (non-hydrogen) atoms. The molecule has 1 aliphatic rings. The van der Waals surface area contributed by atoms with Gasteiger partial charge in [0.15, 0.2) is 0 Å². The highest BCUT2D eigenvalue weighted by Gasteiger charge is 2.35. The van der Waals surface area contributed by atoms with Gasteiger partial charge in [-0.25, -0.2) is 0 Å². The van der Waals surface area contributed by atoms with Crippen molar-refractivity contribution in [3.63, 3.8) is 0 Å². The molecule has 0 saturated heterocycles. The highest BCUT2D eigenvalue weighted by Crippen LogP contribution is 2.36. The van der Waals surface area contributed by atoms with Crippen LogP contribution in [0.25, 0.3) is 0 Å². The van der Waals surface area contributed by atoms with E-state index in [0.29, 0.717) is 12.5 Å². The van der Waals surface area contributed by atoms with E-state index in [0.717, 1.165) is 12.8 Å². The molecule has 7 nitrogen and oxygen atoms in total. The summed E-state index contributed by atoms with van der Waals surface area (Å²) < 4.78 is 0. The van der Waals surface area contributed by atoms with Crippen LogP contribution in [0.1, 0.15) is 36.5 Å². The van der Waals surface area contributed by atoms with E-state index in [9.17, 15) is 14.9 Å². The third-order valence-electron chi connectivity index (χ3n) is 4.03. The van der Waals surface area contributed by atoms with Crippen molar-refractivity contribution < 1.29 is 9.72 Å². The first-order chi connectivity index (χ1) is 10.5. The van der Waals surface area contributed by atoms with Crippen molar-refractivity contribution in [3.8, 4) is 6.07 Å². The van der Waals surface area contributed by atoms with Crippen LogP contribution in [0, 0.1) is 27.4 Å². The summed E-state index contributed by atoms with van der Waals surface area (Å²) in [5.74, 6) is 0.0819. The van der Waals surface area contributed by atoms with Gasteiger partial charge in [0.2, 0.25) is 0 Å². The minimum atomic E-state index is -0.601. The number of nitro benzene ring substituents is 1. The number of carbonyl (C=O) groups is 1. The Hall–Kier alpha value is -2.62. The number of nitrogen functional groups attached to an aromatic ring is 1. The first kappa shape index (κ1) is 15.8. The van der Waals surface area contributed by atoms with Crippen molar-refractivity contribution in [2.75, 3.05) is 12.3 Å². The summed E-state index contributed by atoms with van der Waals surface area (Å²) in [6, 6.07) is 6.24. The van der Waals surface area contributed by atoms with Crippen LogP contribution >= 0.6 is 0 Å². The number of anilines is 1. The largest absolute Gasteiger partial charge is 0.393 e. The molecule has 1 aromatic carbocycles. The van der Waals surface area contributed by atoms with E-state index in [2.05, 4.69) is 0 Å². The number of nitriles is 1. The average Bonchev–Trinajstić information content (AvgIpc) is 3.31. The van der Waals surface area contributed by atoms with E-state index in [1.807, 2.05) is 13.0 Å². The molecule has 116 valence electrons. The van der Waals surface area contributed by atoms with Crippen molar-refractivity contribution >= 4 is 17.3 Å². The molecule has 1 aliphatic carbocycles. The van der Waals surface area contributed by atoms with Crippen LogP contribution < -0.4 is 5.73 Å². The van der Waals surface area contributed by atoms with E-state index in [4.69, 9.17) is 11.0 Å². The molecule has 0 unspecified atom stereocenters. The van der Waals surface area contributed by atoms with E-state index in [-0.39, 0.29) is 35.3 Å². The van der Waals surface area contributed by atoms with Gasteiger partial charge < -0.3 is 10.6 Å². The second-order valence-electron chi connectivity index (χ2n) is 5.48. The predicted octanol–water partition coefficient (Wildman–Crippen LogP) is 2.33. The number of amides is 1. The smallest absolute Gasteiger partial charge is 0.292 e. The van der Waals surface area contributed by atoms with Crippen molar-refractivity contribution in [2.45, 2.75) is 32.2 Å². The fraction of sp³-hybridized carbons (Fsp3) is 0.467. The molecule has 0 spiro atoms. The number of hydrogen-bond donors (Lipinski definition) is 1. The van der Waals surface area contributed by atoms with Crippen LogP contribution in [0.2, 0.25) is 0 Å². The van der Waals surface area contributed by atoms with Gasteiger partial charge in [0, 0.05) is 18.7 Å². The number of nitrogens with zero attached hydrogens (tertiary/aromatic N) is 3. The molecule has 1 saturated carbocycles. The average molecular weight is 302 g/mol. The normalized spacial score (nSPS) is 14.9. The summed E-state index contributed by atoms with van der Waals surface area (Å²) in [7, 11) is 0. The van der Waals surface area contributed by atoms with Gasteiger partial charge in [0.25, 0.3) is 11.6 Å². The molecular weight excluding hydrogens is 284 g/mol. The zero-order valence-corrected chi connectivity index (χ0v) is 12.4. The lowest BCUT2D eigenvalue weighted by atomic mass is 10.1. The summed E-state index contributed by atoms with van der Waals surface area (Å²) >= 11 is 0. The maximum Gasteiger partial charge on any atom is 0.292 e. The van der Waals surface area contributed by atoms with Crippen molar-refractivity contribution in [3.05, 3.63) is 33.9 Å². The summed E-state index contributed by atoms with van der Waals surface area (Å²) in [6.07, 6.45) is 2.33. The Bertz CT molecular complexity index is 634. The standard InChI is InChI=1S/C15H18N4O3/c1-10(11-6-7-11)18(9-3-8-16)15(20)12-4-2-5-13(14(12)17)19(21)22/h2,4-5,10-11H,3,6-7,9,17H2,1H3/t10-/m1/s1. The molecule has 0 bridgehead atoms. The molecular formula is C15H18N4O3. The number of nitrogens with two attached hydrogens (primary N) is 1. The summed E-state index contributed by atoms with van der Waals surface area (Å²) in [5.41, 5.74) is 5.52. The number of nitro groups is 1. The zero-order valence-electron chi connectivity index (χ0n) is 12.4. The summed E-state index contributed by atoms with van der Waals surface area (Å²) in [5, 5.41) is 19.7. The summed E-state index contributed by atoms with van der Waals surface area (Å²) in [6.45, 7) is 2.25. The Morgan fingerprint density at radius 2 is 2.27 bits per heavy atom. The van der Waals surface area contributed by atoms with Gasteiger partial charge in [-0.2, -0.15) is 5.26 Å². The Kier molecular flexibility index (Phi) is 4.61. The molecule has 2 N–H and O–H groups in total. The molecule has 2 rings (SSSR count). The lowest BCUT2D eigenvalue weighted by Crippen LogP contribution is -2.40. The zero-order chi connectivity index (χ0) is 16.3. The number of para-hydroxylation sites is 1. The van der Waals surface area contributed by atoms with Gasteiger partial charge in [-0.1, -0.05) is 6.07 Å². The van der Waals surface area contributed by atoms with Gasteiger partial charge in [-0.15, -0.1) is 0 Å². The first-order valence-electron chi connectivity index (χ1n) is 7.18. The second-order valence-corrected chi connectivity index (χ2v) is 5.48. The third kappa shape index (κ3) is 3.17. The van der Waals surface area contributed by atoms with E-state index < -0.39 is 4.92 Å². The minimum absolute atomic E-state index is 0.000452. The molecule has 1 amide bonds. The van der Waals surface area contributed by atoms with Gasteiger partial charge in [0.05, 0.1) is 23.0 Å². The van der Waals surface area contributed by atoms with Crippen LogP contribution in [0.15, 0.2) is 18.2 Å². The Balaban J connectivity index is 2.32. The fourth-order valence-electron chi connectivity index (χ4n) is 2.55. The molecule has 0 aromatic heterocycles. The number of benzene rings is 1. The first-order valence-corrected chi connectivity index (χ1v) is 7.18. The van der Waals surface area contributed by atoms with Crippen molar-refractivity contribution in [1.82, 2.24) is 4.90 Å². The van der Waals surface area contributed by atoms with E-state index >= 15 is 0 Å². The lowest BCUT2D eigenvalue weighted by molar-refractivity contribution is -0.383. The molecule has 0 radical (unpaired) electrons. The molecule has 1 aromatic rings.